The van der Waals surface area contributed by atoms with Crippen molar-refractivity contribution in [2.45, 2.75) is 38.7 Å². The predicted molar refractivity (Wildman–Crippen MR) is 66.7 cm³/mol. The Morgan fingerprint density at radius 3 is 2.82 bits per heavy atom. The molecule has 0 aromatic heterocycles. The highest BCUT2D eigenvalue weighted by atomic mass is 16.5. The van der Waals surface area contributed by atoms with Gasteiger partial charge in [0.1, 0.15) is 0 Å². The summed E-state index contributed by atoms with van der Waals surface area (Å²) in [5.74, 6) is -0.316. The predicted octanol–water partition coefficient (Wildman–Crippen LogP) is 1.34. The Hall–Kier alpha value is -0.870. The highest BCUT2D eigenvalue weighted by Gasteiger charge is 2.25. The van der Waals surface area contributed by atoms with Gasteiger partial charge in [-0.25, -0.2) is 4.79 Å². The van der Waals surface area contributed by atoms with Crippen molar-refractivity contribution in [2.75, 3.05) is 26.2 Å². The summed E-state index contributed by atoms with van der Waals surface area (Å²) in [4.78, 5) is 13.6. The van der Waals surface area contributed by atoms with Crippen LogP contribution in [0.15, 0.2) is 12.2 Å². The van der Waals surface area contributed by atoms with Gasteiger partial charge >= 0.3 is 5.97 Å². The van der Waals surface area contributed by atoms with E-state index in [9.17, 15) is 9.90 Å². The van der Waals surface area contributed by atoms with E-state index in [2.05, 4.69) is 11.5 Å². The maximum atomic E-state index is 11.4. The van der Waals surface area contributed by atoms with Crippen molar-refractivity contribution in [1.29, 1.82) is 0 Å². The summed E-state index contributed by atoms with van der Waals surface area (Å²) in [5, 5.41) is 9.96. The van der Waals surface area contributed by atoms with Crippen molar-refractivity contribution < 1.29 is 14.6 Å². The molecule has 1 unspecified atom stereocenters. The van der Waals surface area contributed by atoms with Crippen LogP contribution in [0.2, 0.25) is 0 Å². The molecule has 1 N–H and O–H groups in total. The van der Waals surface area contributed by atoms with Gasteiger partial charge in [-0.1, -0.05) is 6.58 Å². The number of hydrogen-bond acceptors (Lipinski definition) is 4. The van der Waals surface area contributed by atoms with Gasteiger partial charge in [0, 0.05) is 18.7 Å². The first kappa shape index (κ1) is 14.2. The highest BCUT2D eigenvalue weighted by Crippen LogP contribution is 2.21. The van der Waals surface area contributed by atoms with E-state index in [-0.39, 0.29) is 5.97 Å². The van der Waals surface area contributed by atoms with Crippen molar-refractivity contribution in [3.8, 4) is 0 Å². The summed E-state index contributed by atoms with van der Waals surface area (Å²) in [7, 11) is 0. The number of hydrogen-bond donors (Lipinski definition) is 1. The number of nitrogens with zero attached hydrogens (tertiary/aromatic N) is 1. The van der Waals surface area contributed by atoms with Gasteiger partial charge in [0.05, 0.1) is 12.2 Å². The Labute approximate surface area is 103 Å². The Morgan fingerprint density at radius 1 is 1.47 bits per heavy atom. The van der Waals surface area contributed by atoms with Gasteiger partial charge < -0.3 is 9.84 Å². The van der Waals surface area contributed by atoms with Crippen LogP contribution in [0.5, 0.6) is 0 Å². The first-order valence-corrected chi connectivity index (χ1v) is 6.24. The molecule has 0 bridgehead atoms. The minimum Gasteiger partial charge on any atom is -0.463 e. The summed E-state index contributed by atoms with van der Waals surface area (Å²) >= 11 is 0. The van der Waals surface area contributed by atoms with E-state index in [0.29, 0.717) is 18.7 Å². The Morgan fingerprint density at radius 2 is 2.18 bits per heavy atom. The van der Waals surface area contributed by atoms with E-state index < -0.39 is 5.60 Å². The van der Waals surface area contributed by atoms with Crippen LogP contribution in [0.3, 0.4) is 0 Å². The number of ether oxygens (including phenoxy) is 1. The molecule has 1 fully saturated rings. The molecule has 0 spiro atoms. The molecule has 1 aliphatic heterocycles. The average Bonchev–Trinajstić information content (AvgIpc) is 2.41. The topological polar surface area (TPSA) is 49.8 Å². The molecule has 0 aromatic carbocycles. The molecule has 1 atom stereocenters. The van der Waals surface area contributed by atoms with Crippen LogP contribution in [-0.4, -0.2) is 47.8 Å². The maximum Gasteiger partial charge on any atom is 0.334 e. The Bertz CT molecular complexity index is 286. The van der Waals surface area contributed by atoms with Crippen LogP contribution in [0.4, 0.5) is 0 Å². The Kier molecular flexibility index (Phi) is 5.15. The van der Waals surface area contributed by atoms with E-state index in [1.807, 2.05) is 6.92 Å². The minimum atomic E-state index is -0.569. The monoisotopic (exact) mass is 241 g/mol. The molecule has 1 heterocycles. The van der Waals surface area contributed by atoms with Crippen molar-refractivity contribution in [1.82, 2.24) is 4.90 Å². The third-order valence-corrected chi connectivity index (χ3v) is 3.13. The lowest BCUT2D eigenvalue weighted by Gasteiger charge is -2.22. The summed E-state index contributed by atoms with van der Waals surface area (Å²) in [6, 6.07) is 0. The zero-order valence-electron chi connectivity index (χ0n) is 10.9. The number of rotatable bonds is 4. The number of likely N-dealkylation sites (tertiary alicyclic amines) is 1. The van der Waals surface area contributed by atoms with E-state index in [1.165, 1.54) is 0 Å². The lowest BCUT2D eigenvalue weighted by molar-refractivity contribution is -0.138. The first-order valence-electron chi connectivity index (χ1n) is 6.24. The summed E-state index contributed by atoms with van der Waals surface area (Å²) in [6.07, 6.45) is 2.50. The molecule has 4 nitrogen and oxygen atoms in total. The zero-order chi connectivity index (χ0) is 12.9. The molecule has 1 aliphatic rings. The average molecular weight is 241 g/mol. The quantitative estimate of drug-likeness (QED) is 0.596. The smallest absolute Gasteiger partial charge is 0.334 e. The normalized spacial score (nSPS) is 26.3. The van der Waals surface area contributed by atoms with Gasteiger partial charge in [-0.3, -0.25) is 4.90 Å². The SMILES string of the molecule is C=C(CN1CCCC(C)(O)CC1)C(=O)OCC. The molecule has 0 amide bonds. The van der Waals surface area contributed by atoms with E-state index >= 15 is 0 Å². The largest absolute Gasteiger partial charge is 0.463 e. The lowest BCUT2D eigenvalue weighted by atomic mass is 9.98. The summed E-state index contributed by atoms with van der Waals surface area (Å²) in [5.41, 5.74) is -0.0756. The molecule has 1 rings (SSSR count). The molecule has 0 aliphatic carbocycles. The van der Waals surface area contributed by atoms with E-state index in [0.717, 1.165) is 32.4 Å². The molecule has 17 heavy (non-hydrogen) atoms. The van der Waals surface area contributed by atoms with Gasteiger partial charge in [0.25, 0.3) is 0 Å². The van der Waals surface area contributed by atoms with Crippen molar-refractivity contribution in [2.24, 2.45) is 0 Å². The van der Waals surface area contributed by atoms with E-state index in [4.69, 9.17) is 4.74 Å². The first-order chi connectivity index (χ1) is 7.94. The third-order valence-electron chi connectivity index (χ3n) is 3.13. The van der Waals surface area contributed by atoms with Gasteiger partial charge in [-0.05, 0) is 39.7 Å². The molecule has 0 aromatic rings. The second-order valence-electron chi connectivity index (χ2n) is 4.95. The van der Waals surface area contributed by atoms with Gasteiger partial charge in [-0.15, -0.1) is 0 Å². The lowest BCUT2D eigenvalue weighted by Crippen LogP contribution is -2.31. The second kappa shape index (κ2) is 6.17. The summed E-state index contributed by atoms with van der Waals surface area (Å²) < 4.78 is 4.90. The van der Waals surface area contributed by atoms with Crippen LogP contribution < -0.4 is 0 Å². The van der Waals surface area contributed by atoms with Gasteiger partial charge in [0.2, 0.25) is 0 Å². The maximum absolute atomic E-state index is 11.4. The molecular formula is C13H23NO3. The van der Waals surface area contributed by atoms with Crippen molar-refractivity contribution >= 4 is 5.97 Å². The fraction of sp³-hybridized carbons (Fsp3) is 0.769. The fourth-order valence-electron chi connectivity index (χ4n) is 2.05. The molecule has 0 saturated carbocycles. The van der Waals surface area contributed by atoms with Crippen LogP contribution in [-0.2, 0) is 9.53 Å². The van der Waals surface area contributed by atoms with E-state index in [1.54, 1.807) is 6.92 Å². The third kappa shape index (κ3) is 4.88. The minimum absolute atomic E-state index is 0.316. The van der Waals surface area contributed by atoms with Gasteiger partial charge in [-0.2, -0.15) is 0 Å². The molecule has 1 saturated heterocycles. The molecule has 0 radical (unpaired) electrons. The fourth-order valence-corrected chi connectivity index (χ4v) is 2.05. The number of carbonyl (C=O) groups excluding carboxylic acids is 1. The van der Waals surface area contributed by atoms with Crippen LogP contribution in [0.25, 0.3) is 0 Å². The number of carbonyl (C=O) groups is 1. The zero-order valence-corrected chi connectivity index (χ0v) is 10.9. The standard InChI is InChI=1S/C13H23NO3/c1-4-17-12(15)11(2)10-14-8-5-6-13(3,16)7-9-14/h16H,2,4-10H2,1,3H3. The number of esters is 1. The van der Waals surface area contributed by atoms with Crippen molar-refractivity contribution in [3.63, 3.8) is 0 Å². The molecular weight excluding hydrogens is 218 g/mol. The molecule has 98 valence electrons. The van der Waals surface area contributed by atoms with Gasteiger partial charge in [0.15, 0.2) is 0 Å². The molecule has 4 heteroatoms. The highest BCUT2D eigenvalue weighted by molar-refractivity contribution is 5.88. The van der Waals surface area contributed by atoms with Crippen LogP contribution in [0, 0.1) is 0 Å². The Balaban J connectivity index is 2.41. The van der Waals surface area contributed by atoms with Crippen molar-refractivity contribution in [3.05, 3.63) is 12.2 Å². The van der Waals surface area contributed by atoms with Crippen LogP contribution >= 0.6 is 0 Å². The number of aliphatic hydroxyl groups is 1. The second-order valence-corrected chi connectivity index (χ2v) is 4.95. The summed E-state index contributed by atoms with van der Waals surface area (Å²) in [6.45, 7) is 10.0. The van der Waals surface area contributed by atoms with Crippen LogP contribution in [0.1, 0.15) is 33.1 Å².